The van der Waals surface area contributed by atoms with E-state index < -0.39 is 16.0 Å². The minimum absolute atomic E-state index is 0.0401. The number of benzene rings is 1. The maximum absolute atomic E-state index is 12.1. The second kappa shape index (κ2) is 4.53. The largest absolute Gasteiger partial charge is 0.478 e. The van der Waals surface area contributed by atoms with Crippen LogP contribution in [0.3, 0.4) is 0 Å². The van der Waals surface area contributed by atoms with Gasteiger partial charge in [-0.3, -0.25) is 0 Å². The van der Waals surface area contributed by atoms with Crippen LogP contribution in [-0.4, -0.2) is 25.5 Å². The lowest BCUT2D eigenvalue weighted by molar-refractivity contribution is 0.0696. The van der Waals surface area contributed by atoms with Gasteiger partial charge in [0.05, 0.1) is 10.5 Å². The molecule has 18 heavy (non-hydrogen) atoms. The zero-order valence-corrected chi connectivity index (χ0v) is 11.2. The Kier molecular flexibility index (Phi) is 3.35. The van der Waals surface area contributed by atoms with Gasteiger partial charge in [0.15, 0.2) is 0 Å². The molecule has 0 saturated heterocycles. The highest BCUT2D eigenvalue weighted by atomic mass is 35.5. The fourth-order valence-corrected chi connectivity index (χ4v) is 3.52. The number of aromatic carboxylic acids is 1. The Bertz CT molecular complexity index is 608. The summed E-state index contributed by atoms with van der Waals surface area (Å²) in [7, 11) is -3.70. The van der Waals surface area contributed by atoms with Gasteiger partial charge in [-0.25, -0.2) is 17.9 Å². The Hall–Kier alpha value is -1.11. The number of carboxylic acid groups (broad SMARTS) is 1. The molecule has 0 radical (unpaired) electrons. The van der Waals surface area contributed by atoms with Crippen LogP contribution in [0.5, 0.6) is 0 Å². The molecule has 1 saturated carbocycles. The van der Waals surface area contributed by atoms with Crippen molar-refractivity contribution in [2.75, 3.05) is 0 Å². The molecule has 98 valence electrons. The molecule has 1 aromatic rings. The molecule has 0 aromatic heterocycles. The summed E-state index contributed by atoms with van der Waals surface area (Å²) in [5.74, 6) is -1.20. The molecule has 1 aliphatic rings. The molecule has 2 N–H and O–H groups in total. The van der Waals surface area contributed by atoms with E-state index in [-0.39, 0.29) is 27.1 Å². The molecule has 0 heterocycles. The van der Waals surface area contributed by atoms with E-state index in [0.717, 1.165) is 12.8 Å². The molecular weight excluding hydrogens is 278 g/mol. The third kappa shape index (κ3) is 2.66. The molecule has 7 heteroatoms. The summed E-state index contributed by atoms with van der Waals surface area (Å²) in [6.07, 6.45) is 1.62. The Labute approximate surface area is 110 Å². The first-order chi connectivity index (χ1) is 8.31. The number of hydrogen-bond acceptors (Lipinski definition) is 3. The van der Waals surface area contributed by atoms with E-state index in [0.29, 0.717) is 0 Å². The minimum Gasteiger partial charge on any atom is -0.478 e. The van der Waals surface area contributed by atoms with E-state index >= 15 is 0 Å². The quantitative estimate of drug-likeness (QED) is 0.885. The van der Waals surface area contributed by atoms with Crippen molar-refractivity contribution in [2.24, 2.45) is 0 Å². The third-order valence-electron chi connectivity index (χ3n) is 2.74. The van der Waals surface area contributed by atoms with E-state index in [1.165, 1.54) is 19.1 Å². The maximum Gasteiger partial charge on any atom is 0.336 e. The van der Waals surface area contributed by atoms with Crippen molar-refractivity contribution < 1.29 is 18.3 Å². The number of sulfonamides is 1. The first kappa shape index (κ1) is 13.3. The first-order valence-electron chi connectivity index (χ1n) is 5.37. The normalized spacial score (nSPS) is 15.7. The summed E-state index contributed by atoms with van der Waals surface area (Å²) in [5, 5.41) is 9.09. The maximum atomic E-state index is 12.1. The highest BCUT2D eigenvalue weighted by molar-refractivity contribution is 7.89. The molecule has 0 aliphatic heterocycles. The van der Waals surface area contributed by atoms with Crippen LogP contribution < -0.4 is 4.72 Å². The molecule has 1 aromatic carbocycles. The standard InChI is InChI=1S/C11H12ClNO4S/c1-6-9(11(14)15)4-7(12)5-10(6)18(16,17)13-8-2-3-8/h4-5,8,13H,2-3H2,1H3,(H,14,15). The minimum atomic E-state index is -3.70. The predicted molar refractivity (Wildman–Crippen MR) is 66.5 cm³/mol. The fraction of sp³-hybridized carbons (Fsp3) is 0.364. The van der Waals surface area contributed by atoms with Gasteiger partial charge in [-0.2, -0.15) is 0 Å². The van der Waals surface area contributed by atoms with Crippen molar-refractivity contribution in [2.45, 2.75) is 30.7 Å². The van der Waals surface area contributed by atoms with Crippen LogP contribution in [-0.2, 0) is 10.0 Å². The number of hydrogen-bond donors (Lipinski definition) is 2. The van der Waals surface area contributed by atoms with Gasteiger partial charge in [0.2, 0.25) is 10.0 Å². The van der Waals surface area contributed by atoms with Crippen molar-refractivity contribution >= 4 is 27.6 Å². The zero-order chi connectivity index (χ0) is 13.5. The van der Waals surface area contributed by atoms with Crippen LogP contribution in [0.15, 0.2) is 17.0 Å². The number of rotatable bonds is 4. The SMILES string of the molecule is Cc1c(C(=O)O)cc(Cl)cc1S(=O)(=O)NC1CC1. The third-order valence-corrected chi connectivity index (χ3v) is 4.61. The number of carbonyl (C=O) groups is 1. The van der Waals surface area contributed by atoms with E-state index in [4.69, 9.17) is 16.7 Å². The Morgan fingerprint density at radius 2 is 2.06 bits per heavy atom. The van der Waals surface area contributed by atoms with Gasteiger partial charge >= 0.3 is 5.97 Å². The molecule has 0 unspecified atom stereocenters. The van der Waals surface area contributed by atoms with Gasteiger partial charge < -0.3 is 5.11 Å². The molecule has 0 amide bonds. The topological polar surface area (TPSA) is 83.5 Å². The van der Waals surface area contributed by atoms with Crippen molar-refractivity contribution in [3.05, 3.63) is 28.3 Å². The number of halogens is 1. The lowest BCUT2D eigenvalue weighted by atomic mass is 10.1. The van der Waals surface area contributed by atoms with Gasteiger partial charge in [-0.1, -0.05) is 11.6 Å². The number of nitrogens with one attached hydrogen (secondary N) is 1. The van der Waals surface area contributed by atoms with Crippen molar-refractivity contribution in [1.29, 1.82) is 0 Å². The van der Waals surface area contributed by atoms with Gasteiger partial charge in [-0.05, 0) is 37.5 Å². The highest BCUT2D eigenvalue weighted by Gasteiger charge is 2.30. The van der Waals surface area contributed by atoms with E-state index in [1.807, 2.05) is 0 Å². The molecule has 1 aliphatic carbocycles. The second-order valence-corrected chi connectivity index (χ2v) is 6.40. The number of carboxylic acids is 1. The summed E-state index contributed by atoms with van der Waals surface area (Å²) in [4.78, 5) is 10.9. The highest BCUT2D eigenvalue weighted by Crippen LogP contribution is 2.27. The fourth-order valence-electron chi connectivity index (χ4n) is 1.64. The summed E-state index contributed by atoms with van der Waals surface area (Å²) in [6, 6.07) is 2.48. The molecular formula is C11H12ClNO4S. The van der Waals surface area contributed by atoms with Crippen molar-refractivity contribution in [1.82, 2.24) is 4.72 Å². The molecule has 5 nitrogen and oxygen atoms in total. The summed E-state index contributed by atoms with van der Waals surface area (Å²) in [6.45, 7) is 1.46. The van der Waals surface area contributed by atoms with Gasteiger partial charge in [-0.15, -0.1) is 0 Å². The van der Waals surface area contributed by atoms with Crippen LogP contribution in [0.4, 0.5) is 0 Å². The van der Waals surface area contributed by atoms with E-state index in [2.05, 4.69) is 4.72 Å². The monoisotopic (exact) mass is 289 g/mol. The molecule has 0 bridgehead atoms. The molecule has 0 atom stereocenters. The molecule has 2 rings (SSSR count). The Morgan fingerprint density at radius 3 is 2.56 bits per heavy atom. The predicted octanol–water partition coefficient (Wildman–Crippen LogP) is 1.79. The molecule has 1 fully saturated rings. The van der Waals surface area contributed by atoms with Crippen molar-refractivity contribution in [3.8, 4) is 0 Å². The van der Waals surface area contributed by atoms with Crippen LogP contribution in [0, 0.1) is 6.92 Å². The van der Waals surface area contributed by atoms with Crippen LogP contribution >= 0.6 is 11.6 Å². The zero-order valence-electron chi connectivity index (χ0n) is 9.60. The summed E-state index contributed by atoms with van der Waals surface area (Å²) < 4.78 is 26.6. The smallest absolute Gasteiger partial charge is 0.336 e. The lowest BCUT2D eigenvalue weighted by Crippen LogP contribution is -2.27. The second-order valence-electron chi connectivity index (χ2n) is 4.28. The summed E-state index contributed by atoms with van der Waals surface area (Å²) >= 11 is 5.77. The van der Waals surface area contributed by atoms with E-state index in [9.17, 15) is 13.2 Å². The molecule has 0 spiro atoms. The Balaban J connectivity index is 2.52. The summed E-state index contributed by atoms with van der Waals surface area (Å²) in [5.41, 5.74) is 0.0960. The van der Waals surface area contributed by atoms with E-state index in [1.54, 1.807) is 0 Å². The average Bonchev–Trinajstić information content (AvgIpc) is 3.03. The lowest BCUT2D eigenvalue weighted by Gasteiger charge is -2.11. The van der Waals surface area contributed by atoms with Crippen LogP contribution in [0.1, 0.15) is 28.8 Å². The van der Waals surface area contributed by atoms with Gasteiger partial charge in [0.25, 0.3) is 0 Å². The van der Waals surface area contributed by atoms with Crippen molar-refractivity contribution in [3.63, 3.8) is 0 Å². The van der Waals surface area contributed by atoms with Gasteiger partial charge in [0, 0.05) is 11.1 Å². The van der Waals surface area contributed by atoms with Gasteiger partial charge in [0.1, 0.15) is 0 Å². The Morgan fingerprint density at radius 1 is 1.44 bits per heavy atom. The van der Waals surface area contributed by atoms with Crippen LogP contribution in [0.2, 0.25) is 5.02 Å². The average molecular weight is 290 g/mol. The first-order valence-corrected chi connectivity index (χ1v) is 7.23. The van der Waals surface area contributed by atoms with Crippen LogP contribution in [0.25, 0.3) is 0 Å².